The van der Waals surface area contributed by atoms with Crippen molar-refractivity contribution in [2.45, 2.75) is 58.3 Å². The van der Waals surface area contributed by atoms with Gasteiger partial charge in [-0.05, 0) is 34.6 Å². The Kier molecular flexibility index (Phi) is 5.74. The number of phenols is 1. The summed E-state index contributed by atoms with van der Waals surface area (Å²) < 4.78 is 0. The summed E-state index contributed by atoms with van der Waals surface area (Å²) in [5.41, 5.74) is 3.12. The highest BCUT2D eigenvalue weighted by Crippen LogP contribution is 2.38. The zero-order chi connectivity index (χ0) is 22.3. The molecule has 0 bridgehead atoms. The van der Waals surface area contributed by atoms with Gasteiger partial charge < -0.3 is 10.2 Å². The standard InChI is InChI=1S/C26H30O4/c1-25(2,3)20-14-21(26(4,5)15-27)23(29)13-17(20)12-22(28)19-11-10-16-8-6-7-9-18(16)24(19)30/h6-9,11,13-14,27,29H,10,12,15H2,1-5H3. The molecule has 0 radical (unpaired) electrons. The van der Waals surface area contributed by atoms with Crippen LogP contribution in [0.4, 0.5) is 0 Å². The van der Waals surface area contributed by atoms with Crippen molar-refractivity contribution < 1.29 is 19.8 Å². The van der Waals surface area contributed by atoms with Gasteiger partial charge in [0.25, 0.3) is 0 Å². The Bertz CT molecular complexity index is 1040. The first kappa shape index (κ1) is 22.0. The van der Waals surface area contributed by atoms with Crippen molar-refractivity contribution in [2.24, 2.45) is 0 Å². The molecule has 4 heteroatoms. The van der Waals surface area contributed by atoms with Gasteiger partial charge in [0.15, 0.2) is 11.6 Å². The maximum atomic E-state index is 13.1. The van der Waals surface area contributed by atoms with Crippen LogP contribution in [0.2, 0.25) is 0 Å². The number of Topliss-reactive ketones (excluding diaryl/α,β-unsaturated/α-hetero) is 2. The highest BCUT2D eigenvalue weighted by molar-refractivity contribution is 6.27. The highest BCUT2D eigenvalue weighted by Gasteiger charge is 2.30. The van der Waals surface area contributed by atoms with E-state index in [1.165, 1.54) is 0 Å². The Labute approximate surface area is 178 Å². The van der Waals surface area contributed by atoms with E-state index in [9.17, 15) is 19.8 Å². The summed E-state index contributed by atoms with van der Waals surface area (Å²) in [6, 6.07) is 10.9. The fourth-order valence-electron chi connectivity index (χ4n) is 3.98. The first-order valence-electron chi connectivity index (χ1n) is 10.3. The molecule has 2 N–H and O–H groups in total. The Hall–Kier alpha value is -2.72. The first-order chi connectivity index (χ1) is 14.0. The SMILES string of the molecule is CC(C)(C)c1cc(C(C)(C)CO)c(O)cc1CC(=O)C1=CCc2ccccc2C1=O. The first-order valence-corrected chi connectivity index (χ1v) is 10.3. The van der Waals surface area contributed by atoms with Crippen LogP contribution in [0, 0.1) is 0 Å². The molecule has 0 aliphatic heterocycles. The van der Waals surface area contributed by atoms with Crippen molar-refractivity contribution in [1.82, 2.24) is 0 Å². The van der Waals surface area contributed by atoms with Crippen LogP contribution in [0.15, 0.2) is 48.0 Å². The molecule has 1 aliphatic carbocycles. The Morgan fingerprint density at radius 2 is 1.70 bits per heavy atom. The maximum absolute atomic E-state index is 13.1. The molecule has 0 saturated carbocycles. The summed E-state index contributed by atoms with van der Waals surface area (Å²) in [6.45, 7) is 9.76. The van der Waals surface area contributed by atoms with E-state index in [1.54, 1.807) is 18.2 Å². The lowest BCUT2D eigenvalue weighted by Gasteiger charge is -2.29. The molecule has 0 unspecified atom stereocenters. The van der Waals surface area contributed by atoms with Gasteiger partial charge in [0.05, 0.1) is 12.2 Å². The van der Waals surface area contributed by atoms with Gasteiger partial charge in [0, 0.05) is 23.0 Å². The number of carbonyl (C=O) groups excluding carboxylic acids is 2. The van der Waals surface area contributed by atoms with Crippen LogP contribution in [-0.2, 0) is 28.5 Å². The number of benzene rings is 2. The minimum atomic E-state index is -0.613. The van der Waals surface area contributed by atoms with Crippen molar-refractivity contribution in [1.29, 1.82) is 0 Å². The van der Waals surface area contributed by atoms with E-state index in [2.05, 4.69) is 0 Å². The quantitative estimate of drug-likeness (QED) is 0.720. The molecule has 0 spiro atoms. The summed E-state index contributed by atoms with van der Waals surface area (Å²) in [5, 5.41) is 20.4. The van der Waals surface area contributed by atoms with Crippen molar-refractivity contribution in [2.75, 3.05) is 6.61 Å². The monoisotopic (exact) mass is 406 g/mol. The predicted molar refractivity (Wildman–Crippen MR) is 118 cm³/mol. The van der Waals surface area contributed by atoms with Gasteiger partial charge in [-0.3, -0.25) is 9.59 Å². The Morgan fingerprint density at radius 3 is 2.33 bits per heavy atom. The number of ketones is 2. The van der Waals surface area contributed by atoms with Crippen LogP contribution in [-0.4, -0.2) is 28.4 Å². The van der Waals surface area contributed by atoms with E-state index in [4.69, 9.17) is 0 Å². The molecule has 0 atom stereocenters. The summed E-state index contributed by atoms with van der Waals surface area (Å²) in [6.07, 6.45) is 2.32. The molecule has 0 heterocycles. The van der Waals surface area contributed by atoms with E-state index in [0.717, 1.165) is 11.1 Å². The van der Waals surface area contributed by atoms with Gasteiger partial charge in [0.2, 0.25) is 0 Å². The number of phenolic OH excluding ortho intramolecular Hbond substituents is 1. The number of aliphatic hydroxyl groups excluding tert-OH is 1. The van der Waals surface area contributed by atoms with Crippen molar-refractivity contribution in [3.63, 3.8) is 0 Å². The van der Waals surface area contributed by atoms with Gasteiger partial charge in [0.1, 0.15) is 5.75 Å². The molecule has 158 valence electrons. The third-order valence-electron chi connectivity index (χ3n) is 5.84. The fraction of sp³-hybridized carbons (Fsp3) is 0.385. The van der Waals surface area contributed by atoms with Crippen molar-refractivity contribution in [3.8, 4) is 5.75 Å². The Balaban J connectivity index is 1.99. The number of aliphatic hydroxyl groups is 1. The van der Waals surface area contributed by atoms with E-state index in [-0.39, 0.29) is 41.3 Å². The van der Waals surface area contributed by atoms with Gasteiger partial charge >= 0.3 is 0 Å². The van der Waals surface area contributed by atoms with Crippen LogP contribution in [0.3, 0.4) is 0 Å². The van der Waals surface area contributed by atoms with Crippen LogP contribution in [0.1, 0.15) is 67.2 Å². The summed E-state index contributed by atoms with van der Waals surface area (Å²) in [4.78, 5) is 26.0. The smallest absolute Gasteiger partial charge is 0.196 e. The Morgan fingerprint density at radius 1 is 1.03 bits per heavy atom. The second-order valence-electron chi connectivity index (χ2n) is 9.73. The van der Waals surface area contributed by atoms with Gasteiger partial charge in [-0.2, -0.15) is 0 Å². The number of aromatic hydroxyl groups is 1. The topological polar surface area (TPSA) is 74.6 Å². The normalized spacial score (nSPS) is 14.3. The largest absolute Gasteiger partial charge is 0.508 e. The van der Waals surface area contributed by atoms with Crippen LogP contribution < -0.4 is 0 Å². The average Bonchev–Trinajstić information content (AvgIpc) is 2.67. The van der Waals surface area contributed by atoms with E-state index in [1.807, 2.05) is 58.9 Å². The molecule has 0 fully saturated rings. The molecule has 0 saturated heterocycles. The number of allylic oxidation sites excluding steroid dienone is 2. The van der Waals surface area contributed by atoms with E-state index >= 15 is 0 Å². The molecule has 3 rings (SSSR count). The number of rotatable bonds is 5. The molecule has 0 aromatic heterocycles. The maximum Gasteiger partial charge on any atom is 0.196 e. The minimum Gasteiger partial charge on any atom is -0.508 e. The number of hydrogen-bond acceptors (Lipinski definition) is 4. The molecule has 30 heavy (non-hydrogen) atoms. The predicted octanol–water partition coefficient (Wildman–Crippen LogP) is 4.44. The van der Waals surface area contributed by atoms with Crippen molar-refractivity contribution in [3.05, 3.63) is 75.9 Å². The van der Waals surface area contributed by atoms with Crippen molar-refractivity contribution >= 4 is 11.6 Å². The zero-order valence-corrected chi connectivity index (χ0v) is 18.4. The van der Waals surface area contributed by atoms with Gasteiger partial charge in [-0.1, -0.05) is 71.0 Å². The third-order valence-corrected chi connectivity index (χ3v) is 5.84. The lowest BCUT2D eigenvalue weighted by Crippen LogP contribution is -2.25. The molecule has 4 nitrogen and oxygen atoms in total. The van der Waals surface area contributed by atoms with Crippen LogP contribution >= 0.6 is 0 Å². The minimum absolute atomic E-state index is 0.0414. The molecule has 0 amide bonds. The van der Waals surface area contributed by atoms with Crippen LogP contribution in [0.25, 0.3) is 0 Å². The molecule has 1 aliphatic rings. The summed E-state index contributed by atoms with van der Waals surface area (Å²) >= 11 is 0. The second kappa shape index (κ2) is 7.84. The number of fused-ring (bicyclic) bond motifs is 1. The summed E-state index contributed by atoms with van der Waals surface area (Å²) in [5.74, 6) is -0.422. The lowest BCUT2D eigenvalue weighted by atomic mass is 9.76. The average molecular weight is 407 g/mol. The molecule has 2 aromatic rings. The molecular formula is C26H30O4. The van der Waals surface area contributed by atoms with Gasteiger partial charge in [-0.25, -0.2) is 0 Å². The van der Waals surface area contributed by atoms with Gasteiger partial charge in [-0.15, -0.1) is 0 Å². The van der Waals surface area contributed by atoms with Crippen LogP contribution in [0.5, 0.6) is 5.75 Å². The third kappa shape index (κ3) is 4.10. The summed E-state index contributed by atoms with van der Waals surface area (Å²) in [7, 11) is 0. The highest BCUT2D eigenvalue weighted by atomic mass is 16.3. The lowest BCUT2D eigenvalue weighted by molar-refractivity contribution is -0.114. The fourth-order valence-corrected chi connectivity index (χ4v) is 3.98. The molecular weight excluding hydrogens is 376 g/mol. The van der Waals surface area contributed by atoms with E-state index in [0.29, 0.717) is 23.1 Å². The zero-order valence-electron chi connectivity index (χ0n) is 18.4. The number of carbonyl (C=O) groups is 2. The molecule has 2 aromatic carbocycles. The number of hydrogen-bond donors (Lipinski definition) is 2. The second-order valence-corrected chi connectivity index (χ2v) is 9.73. The van der Waals surface area contributed by atoms with E-state index < -0.39 is 5.41 Å².